The van der Waals surface area contributed by atoms with Crippen molar-refractivity contribution in [3.63, 3.8) is 0 Å². The van der Waals surface area contributed by atoms with E-state index >= 15 is 0 Å². The highest BCUT2D eigenvalue weighted by Crippen LogP contribution is 2.29. The summed E-state index contributed by atoms with van der Waals surface area (Å²) in [6, 6.07) is 15.7. The molecular weight excluding hydrogens is 342 g/mol. The molecule has 0 saturated carbocycles. The zero-order valence-electron chi connectivity index (χ0n) is 15.6. The van der Waals surface area contributed by atoms with Crippen molar-refractivity contribution in [3.8, 4) is 17.2 Å². The van der Waals surface area contributed by atoms with Crippen LogP contribution in [-0.2, 0) is 6.54 Å². The van der Waals surface area contributed by atoms with Gasteiger partial charge >= 0.3 is 0 Å². The van der Waals surface area contributed by atoms with E-state index in [9.17, 15) is 0 Å². The maximum atomic E-state index is 5.34. The van der Waals surface area contributed by atoms with E-state index < -0.39 is 0 Å². The molecule has 7 heteroatoms. The maximum Gasteiger partial charge on any atom is 0.195 e. The van der Waals surface area contributed by atoms with Gasteiger partial charge < -0.3 is 20.1 Å². The summed E-state index contributed by atoms with van der Waals surface area (Å²) >= 11 is 0. The van der Waals surface area contributed by atoms with Gasteiger partial charge in [-0.05, 0) is 35.9 Å². The van der Waals surface area contributed by atoms with Crippen molar-refractivity contribution >= 4 is 11.6 Å². The minimum Gasteiger partial charge on any atom is -0.493 e. The molecule has 27 heavy (non-hydrogen) atoms. The highest BCUT2D eigenvalue weighted by atomic mass is 16.5. The number of anilines is 1. The summed E-state index contributed by atoms with van der Waals surface area (Å²) in [5.41, 5.74) is 2.99. The molecule has 3 aromatic rings. The second kappa shape index (κ2) is 8.75. The van der Waals surface area contributed by atoms with Gasteiger partial charge in [0.25, 0.3) is 0 Å². The van der Waals surface area contributed by atoms with Gasteiger partial charge in [0, 0.05) is 37.7 Å². The molecule has 0 atom stereocenters. The largest absolute Gasteiger partial charge is 0.493 e. The third-order valence-electron chi connectivity index (χ3n) is 4.01. The number of aliphatic imine (C=N–C) groups is 1. The SMILES string of the molecule is CN=C(NCc1cccc(-n2cccn2)c1)Nc1ccc(OC)c(OC)c1. The molecule has 0 saturated heterocycles. The van der Waals surface area contributed by atoms with Gasteiger partial charge in [-0.25, -0.2) is 4.68 Å². The Morgan fingerprint density at radius 1 is 1.07 bits per heavy atom. The van der Waals surface area contributed by atoms with Crippen LogP contribution in [0.25, 0.3) is 5.69 Å². The molecule has 0 radical (unpaired) electrons. The van der Waals surface area contributed by atoms with E-state index in [-0.39, 0.29) is 0 Å². The number of nitrogens with zero attached hydrogens (tertiary/aromatic N) is 3. The third-order valence-corrected chi connectivity index (χ3v) is 4.01. The van der Waals surface area contributed by atoms with Crippen molar-refractivity contribution in [1.29, 1.82) is 0 Å². The number of aromatic nitrogens is 2. The Balaban J connectivity index is 1.65. The summed E-state index contributed by atoms with van der Waals surface area (Å²) in [4.78, 5) is 4.27. The van der Waals surface area contributed by atoms with E-state index in [2.05, 4.69) is 32.9 Å². The number of ether oxygens (including phenoxy) is 2. The van der Waals surface area contributed by atoms with Gasteiger partial charge in [-0.1, -0.05) is 12.1 Å². The molecule has 1 aromatic heterocycles. The van der Waals surface area contributed by atoms with Crippen LogP contribution in [0.1, 0.15) is 5.56 Å². The van der Waals surface area contributed by atoms with Crippen molar-refractivity contribution in [2.24, 2.45) is 4.99 Å². The average Bonchev–Trinajstić information content (AvgIpc) is 3.26. The highest BCUT2D eigenvalue weighted by molar-refractivity contribution is 5.93. The van der Waals surface area contributed by atoms with Gasteiger partial charge in [-0.15, -0.1) is 0 Å². The normalized spacial score (nSPS) is 11.1. The van der Waals surface area contributed by atoms with Gasteiger partial charge in [0.05, 0.1) is 19.9 Å². The van der Waals surface area contributed by atoms with Gasteiger partial charge in [0.1, 0.15) is 0 Å². The zero-order valence-corrected chi connectivity index (χ0v) is 15.6. The number of nitrogens with one attached hydrogen (secondary N) is 2. The van der Waals surface area contributed by atoms with E-state index in [4.69, 9.17) is 9.47 Å². The van der Waals surface area contributed by atoms with Gasteiger partial charge in [-0.2, -0.15) is 5.10 Å². The van der Waals surface area contributed by atoms with Crippen LogP contribution in [0, 0.1) is 0 Å². The minimum atomic E-state index is 0.627. The maximum absolute atomic E-state index is 5.34. The van der Waals surface area contributed by atoms with Crippen LogP contribution < -0.4 is 20.1 Å². The molecule has 2 N–H and O–H groups in total. The first-order valence-electron chi connectivity index (χ1n) is 8.52. The molecule has 0 aliphatic rings. The summed E-state index contributed by atoms with van der Waals surface area (Å²) < 4.78 is 12.4. The second-order valence-corrected chi connectivity index (χ2v) is 5.74. The average molecular weight is 365 g/mol. The lowest BCUT2D eigenvalue weighted by Crippen LogP contribution is -2.30. The molecule has 0 spiro atoms. The zero-order chi connectivity index (χ0) is 19.1. The Kier molecular flexibility index (Phi) is 5.94. The number of benzene rings is 2. The number of guanidine groups is 1. The Bertz CT molecular complexity index is 906. The Hall–Kier alpha value is -3.48. The molecule has 1 heterocycles. The summed E-state index contributed by atoms with van der Waals surface area (Å²) in [6.45, 7) is 0.627. The van der Waals surface area contributed by atoms with Gasteiger partial charge in [0.2, 0.25) is 0 Å². The fraction of sp³-hybridized carbons (Fsp3) is 0.200. The molecule has 0 aliphatic carbocycles. The van der Waals surface area contributed by atoms with E-state index in [0.717, 1.165) is 16.9 Å². The predicted octanol–water partition coefficient (Wildman–Crippen LogP) is 3.08. The Morgan fingerprint density at radius 3 is 2.63 bits per heavy atom. The predicted molar refractivity (Wildman–Crippen MR) is 107 cm³/mol. The van der Waals surface area contributed by atoms with Crippen LogP contribution in [0.5, 0.6) is 11.5 Å². The highest BCUT2D eigenvalue weighted by Gasteiger charge is 2.06. The summed E-state index contributed by atoms with van der Waals surface area (Å²) in [5.74, 6) is 2.00. The standard InChI is InChI=1S/C20H23N5O2/c1-21-20(24-16-8-9-18(26-2)19(13-16)27-3)22-14-15-6-4-7-17(12-15)25-11-5-10-23-25/h4-13H,14H2,1-3H3,(H2,21,22,24). The molecule has 3 rings (SSSR count). The topological polar surface area (TPSA) is 72.7 Å². The van der Waals surface area contributed by atoms with Crippen molar-refractivity contribution in [1.82, 2.24) is 15.1 Å². The van der Waals surface area contributed by atoms with Crippen molar-refractivity contribution in [2.45, 2.75) is 6.54 Å². The smallest absolute Gasteiger partial charge is 0.195 e. The van der Waals surface area contributed by atoms with E-state index in [0.29, 0.717) is 24.0 Å². The van der Waals surface area contributed by atoms with Crippen molar-refractivity contribution < 1.29 is 9.47 Å². The molecule has 0 unspecified atom stereocenters. The van der Waals surface area contributed by atoms with Gasteiger partial charge in [-0.3, -0.25) is 4.99 Å². The molecule has 0 aliphatic heterocycles. The lowest BCUT2D eigenvalue weighted by atomic mass is 10.2. The number of rotatable bonds is 6. The Morgan fingerprint density at radius 2 is 1.93 bits per heavy atom. The van der Waals surface area contributed by atoms with Crippen molar-refractivity contribution in [3.05, 3.63) is 66.5 Å². The van der Waals surface area contributed by atoms with Gasteiger partial charge in [0.15, 0.2) is 17.5 Å². The number of hydrogen-bond donors (Lipinski definition) is 2. The molecule has 140 valence electrons. The van der Waals surface area contributed by atoms with Crippen LogP contribution in [-0.4, -0.2) is 37.0 Å². The van der Waals surface area contributed by atoms with E-state index in [1.54, 1.807) is 27.5 Å². The molecule has 0 fully saturated rings. The number of methoxy groups -OCH3 is 2. The monoisotopic (exact) mass is 365 g/mol. The second-order valence-electron chi connectivity index (χ2n) is 5.74. The molecule has 0 bridgehead atoms. The third kappa shape index (κ3) is 4.58. The van der Waals surface area contributed by atoms with Crippen molar-refractivity contribution in [2.75, 3.05) is 26.6 Å². The fourth-order valence-corrected chi connectivity index (χ4v) is 2.65. The quantitative estimate of drug-likeness (QED) is 0.519. The fourth-order valence-electron chi connectivity index (χ4n) is 2.65. The summed E-state index contributed by atoms with van der Waals surface area (Å²) in [6.07, 6.45) is 3.68. The molecule has 0 amide bonds. The number of hydrogen-bond acceptors (Lipinski definition) is 4. The van der Waals surface area contributed by atoms with Crippen LogP contribution in [0.15, 0.2) is 65.9 Å². The van der Waals surface area contributed by atoms with E-state index in [1.807, 2.05) is 47.3 Å². The van der Waals surface area contributed by atoms with E-state index in [1.165, 1.54) is 0 Å². The lowest BCUT2D eigenvalue weighted by Gasteiger charge is -2.14. The molecule has 7 nitrogen and oxygen atoms in total. The summed E-state index contributed by atoms with van der Waals surface area (Å²) in [7, 11) is 4.96. The van der Waals surface area contributed by atoms with Crippen LogP contribution in [0.4, 0.5) is 5.69 Å². The lowest BCUT2D eigenvalue weighted by molar-refractivity contribution is 0.355. The molecular formula is C20H23N5O2. The Labute approximate surface area is 158 Å². The summed E-state index contributed by atoms with van der Waals surface area (Å²) in [5, 5.41) is 10.8. The van der Waals surface area contributed by atoms with Crippen LogP contribution >= 0.6 is 0 Å². The van der Waals surface area contributed by atoms with Crippen LogP contribution in [0.3, 0.4) is 0 Å². The first kappa shape index (κ1) is 18.3. The molecule has 2 aromatic carbocycles. The first-order chi connectivity index (χ1) is 13.2. The first-order valence-corrected chi connectivity index (χ1v) is 8.52. The minimum absolute atomic E-state index is 0.627. The van der Waals surface area contributed by atoms with Crippen LogP contribution in [0.2, 0.25) is 0 Å².